The third-order valence-electron chi connectivity index (χ3n) is 11.6. The number of rotatable bonds is 5. The van der Waals surface area contributed by atoms with Crippen LogP contribution in [0.5, 0.6) is 0 Å². The number of benzene rings is 9. The van der Waals surface area contributed by atoms with Gasteiger partial charge in [-0.1, -0.05) is 121 Å². The number of fused-ring (bicyclic) bond motifs is 9. The van der Waals surface area contributed by atoms with Crippen molar-refractivity contribution < 1.29 is 4.42 Å². The van der Waals surface area contributed by atoms with Crippen LogP contribution in [0.15, 0.2) is 205 Å². The zero-order valence-corrected chi connectivity index (χ0v) is 31.6. The van der Waals surface area contributed by atoms with E-state index in [4.69, 9.17) is 4.42 Å². The molecule has 0 aliphatic heterocycles. The second-order valence-electron chi connectivity index (χ2n) is 14.9. The van der Waals surface area contributed by atoms with Gasteiger partial charge in [0, 0.05) is 47.4 Å². The number of nitrogens with zero attached hydrogens (tertiary/aromatic N) is 1. The van der Waals surface area contributed by atoms with Crippen molar-refractivity contribution >= 4 is 75.3 Å². The molecule has 12 aromatic rings. The molecule has 3 heteroatoms. The fourth-order valence-corrected chi connectivity index (χ4v) is 9.93. The Labute approximate surface area is 333 Å². The molecule has 0 unspecified atom stereocenters. The molecule has 0 fully saturated rings. The Hall–Kier alpha value is -7.20. The van der Waals surface area contributed by atoms with E-state index in [-0.39, 0.29) is 0 Å². The van der Waals surface area contributed by atoms with Crippen LogP contribution >= 0.6 is 11.3 Å². The molecule has 0 atom stereocenters. The van der Waals surface area contributed by atoms with Crippen LogP contribution < -0.4 is 0 Å². The third-order valence-corrected chi connectivity index (χ3v) is 12.7. The van der Waals surface area contributed by atoms with E-state index in [0.717, 1.165) is 38.8 Å². The van der Waals surface area contributed by atoms with E-state index in [9.17, 15) is 0 Å². The molecule has 0 spiro atoms. The zero-order chi connectivity index (χ0) is 37.5. The van der Waals surface area contributed by atoms with E-state index in [1.165, 1.54) is 75.4 Å². The lowest BCUT2D eigenvalue weighted by molar-refractivity contribution is 0.669. The number of furan rings is 1. The van der Waals surface area contributed by atoms with Crippen molar-refractivity contribution in [2.24, 2.45) is 0 Å². The highest BCUT2D eigenvalue weighted by molar-refractivity contribution is 7.25. The van der Waals surface area contributed by atoms with Gasteiger partial charge in [-0.05, 0) is 123 Å². The Morgan fingerprint density at radius 3 is 1.46 bits per heavy atom. The van der Waals surface area contributed by atoms with Crippen LogP contribution in [0.4, 0.5) is 0 Å². The molecule has 0 saturated heterocycles. The van der Waals surface area contributed by atoms with Crippen molar-refractivity contribution in [1.29, 1.82) is 0 Å². The van der Waals surface area contributed by atoms with Gasteiger partial charge in [0.2, 0.25) is 0 Å². The Balaban J connectivity index is 1.04. The minimum absolute atomic E-state index is 0.908. The quantitative estimate of drug-likeness (QED) is 0.172. The summed E-state index contributed by atoms with van der Waals surface area (Å²) in [4.78, 5) is 0. The summed E-state index contributed by atoms with van der Waals surface area (Å²) in [5, 5.41) is 7.41. The molecule has 0 aliphatic rings. The number of hydrogen-bond acceptors (Lipinski definition) is 2. The Morgan fingerprint density at radius 2 is 0.772 bits per heavy atom. The fourth-order valence-electron chi connectivity index (χ4n) is 8.84. The van der Waals surface area contributed by atoms with Gasteiger partial charge in [0.1, 0.15) is 11.2 Å². The van der Waals surface area contributed by atoms with Crippen LogP contribution in [-0.4, -0.2) is 4.57 Å². The molecule has 0 aliphatic carbocycles. The summed E-state index contributed by atoms with van der Waals surface area (Å²) in [7, 11) is 0. The van der Waals surface area contributed by atoms with E-state index in [1.54, 1.807) is 0 Å². The third kappa shape index (κ3) is 5.24. The maximum absolute atomic E-state index is 6.17. The zero-order valence-electron chi connectivity index (χ0n) is 30.8. The van der Waals surface area contributed by atoms with Gasteiger partial charge >= 0.3 is 0 Å². The summed E-state index contributed by atoms with van der Waals surface area (Å²) in [5.41, 5.74) is 14.8. The molecule has 266 valence electrons. The number of para-hydroxylation sites is 3. The summed E-state index contributed by atoms with van der Waals surface area (Å²) >= 11 is 1.86. The van der Waals surface area contributed by atoms with Crippen molar-refractivity contribution in [1.82, 2.24) is 4.57 Å². The number of hydrogen-bond donors (Lipinski definition) is 0. The van der Waals surface area contributed by atoms with Gasteiger partial charge in [0.25, 0.3) is 0 Å². The summed E-state index contributed by atoms with van der Waals surface area (Å²) in [6, 6.07) is 73.0. The van der Waals surface area contributed by atoms with E-state index in [0.29, 0.717) is 0 Å². The van der Waals surface area contributed by atoms with Crippen molar-refractivity contribution in [3.8, 4) is 50.2 Å². The molecule has 2 nitrogen and oxygen atoms in total. The summed E-state index contributed by atoms with van der Waals surface area (Å²) in [6.45, 7) is 0. The molecule has 0 N–H and O–H groups in total. The molecule has 0 bridgehead atoms. The largest absolute Gasteiger partial charge is 0.456 e. The maximum atomic E-state index is 6.17. The number of thiophene rings is 1. The van der Waals surface area contributed by atoms with Crippen LogP contribution in [0, 0.1) is 0 Å². The molecule has 0 saturated carbocycles. The van der Waals surface area contributed by atoms with Crippen LogP contribution in [0.25, 0.3) is 114 Å². The predicted octanol–water partition coefficient (Wildman–Crippen LogP) is 15.7. The second-order valence-corrected chi connectivity index (χ2v) is 16.0. The average Bonchev–Trinajstić information content (AvgIpc) is 3.95. The van der Waals surface area contributed by atoms with Crippen molar-refractivity contribution in [3.05, 3.63) is 200 Å². The first kappa shape index (κ1) is 32.1. The van der Waals surface area contributed by atoms with E-state index < -0.39 is 0 Å². The smallest absolute Gasteiger partial charge is 0.135 e. The van der Waals surface area contributed by atoms with Crippen LogP contribution in [0.2, 0.25) is 0 Å². The standard InChI is InChI=1S/C54H33NOS/c1-5-19-49-43(15-1)44-16-2-6-20-50(44)55(49)42-30-40(36-13-9-11-34(27-36)38-23-25-52-47(32-38)45-17-3-7-21-51(45)56-52)29-41(31-42)37-14-10-12-35(28-37)39-24-26-54-48(33-39)46-18-4-8-22-53(46)57-54/h1-33H. The van der Waals surface area contributed by atoms with Gasteiger partial charge in [-0.3, -0.25) is 0 Å². The average molecular weight is 744 g/mol. The van der Waals surface area contributed by atoms with Gasteiger partial charge in [-0.15, -0.1) is 11.3 Å². The highest BCUT2D eigenvalue weighted by atomic mass is 32.1. The molecule has 12 rings (SSSR count). The van der Waals surface area contributed by atoms with Crippen molar-refractivity contribution in [2.45, 2.75) is 0 Å². The number of aromatic nitrogens is 1. The lowest BCUT2D eigenvalue weighted by atomic mass is 9.93. The van der Waals surface area contributed by atoms with Gasteiger partial charge < -0.3 is 8.98 Å². The first-order valence-electron chi connectivity index (χ1n) is 19.4. The first-order valence-corrected chi connectivity index (χ1v) is 20.2. The molecular weight excluding hydrogens is 711 g/mol. The minimum atomic E-state index is 0.908. The molecule has 0 amide bonds. The monoisotopic (exact) mass is 743 g/mol. The van der Waals surface area contributed by atoms with Gasteiger partial charge in [-0.25, -0.2) is 0 Å². The Morgan fingerprint density at radius 1 is 0.298 bits per heavy atom. The molecule has 3 aromatic heterocycles. The minimum Gasteiger partial charge on any atom is -0.456 e. The van der Waals surface area contributed by atoms with Crippen LogP contribution in [0.3, 0.4) is 0 Å². The van der Waals surface area contributed by atoms with E-state index >= 15 is 0 Å². The summed E-state index contributed by atoms with van der Waals surface area (Å²) in [5.74, 6) is 0. The maximum Gasteiger partial charge on any atom is 0.135 e. The van der Waals surface area contributed by atoms with Gasteiger partial charge in [0.15, 0.2) is 0 Å². The summed E-state index contributed by atoms with van der Waals surface area (Å²) in [6.07, 6.45) is 0. The SMILES string of the molecule is c1cc(-c2cc(-c3cccc(-c4ccc5sc6ccccc6c5c4)c3)cc(-n3c4ccccc4c4ccccc43)c2)cc(-c2ccc3oc4ccccc4c3c2)c1. The second kappa shape index (κ2) is 12.7. The highest BCUT2D eigenvalue weighted by Crippen LogP contribution is 2.40. The molecule has 57 heavy (non-hydrogen) atoms. The topological polar surface area (TPSA) is 18.1 Å². The van der Waals surface area contributed by atoms with Crippen LogP contribution in [-0.2, 0) is 0 Å². The predicted molar refractivity (Wildman–Crippen MR) is 243 cm³/mol. The first-order chi connectivity index (χ1) is 28.2. The van der Waals surface area contributed by atoms with E-state index in [1.807, 2.05) is 23.5 Å². The van der Waals surface area contributed by atoms with E-state index in [2.05, 4.69) is 193 Å². The molecule has 3 heterocycles. The summed E-state index contributed by atoms with van der Waals surface area (Å²) < 4.78 is 11.2. The van der Waals surface area contributed by atoms with Crippen LogP contribution in [0.1, 0.15) is 0 Å². The molecular formula is C54H33NOS. The van der Waals surface area contributed by atoms with Gasteiger partial charge in [0.05, 0.1) is 11.0 Å². The normalized spacial score (nSPS) is 11.9. The Bertz CT molecular complexity index is 3310. The highest BCUT2D eigenvalue weighted by Gasteiger charge is 2.16. The fraction of sp³-hybridized carbons (Fsp3) is 0. The molecule has 0 radical (unpaired) electrons. The van der Waals surface area contributed by atoms with Crippen molar-refractivity contribution in [3.63, 3.8) is 0 Å². The van der Waals surface area contributed by atoms with Crippen molar-refractivity contribution in [2.75, 3.05) is 0 Å². The Kier molecular flexibility index (Phi) is 7.13. The molecule has 9 aromatic carbocycles. The lowest BCUT2D eigenvalue weighted by Crippen LogP contribution is -1.96. The van der Waals surface area contributed by atoms with Gasteiger partial charge in [-0.2, -0.15) is 0 Å². The lowest BCUT2D eigenvalue weighted by Gasteiger charge is -2.15.